The van der Waals surface area contributed by atoms with Crippen LogP contribution in [0.25, 0.3) is 0 Å². The van der Waals surface area contributed by atoms with E-state index >= 15 is 0 Å². The number of hydrogen-bond acceptors (Lipinski definition) is 9. The number of carboxylic acid groups (broad SMARTS) is 2. The largest absolute Gasteiger partial charge is 1.00 e. The van der Waals surface area contributed by atoms with Crippen LogP contribution in [0, 0.1) is 0 Å². The van der Waals surface area contributed by atoms with Crippen LogP contribution in [-0.2, 0) is 14.1 Å². The molecule has 1 aromatic rings. The van der Waals surface area contributed by atoms with E-state index < -0.39 is 32.4 Å². The Bertz CT molecular complexity index is 705. The molecule has 1 rings (SSSR count). The molecule has 31 heavy (non-hydrogen) atoms. The first-order valence-corrected chi connectivity index (χ1v) is 10.5. The number of methoxy groups -OCH3 is 1. The first kappa shape index (κ1) is 35.7. The van der Waals surface area contributed by atoms with Gasteiger partial charge < -0.3 is 44.9 Å². The molecule has 0 saturated heterocycles. The van der Waals surface area contributed by atoms with Crippen LogP contribution in [0.2, 0.25) is 10.0 Å². The fourth-order valence-corrected chi connectivity index (χ4v) is 2.34. The molecule has 16 heteroatoms. The monoisotopic (exact) mass is 532 g/mol. The van der Waals surface area contributed by atoms with Crippen molar-refractivity contribution in [2.24, 2.45) is 5.73 Å². The Balaban J connectivity index is -0.000000392. The van der Waals surface area contributed by atoms with E-state index in [0.29, 0.717) is 19.8 Å². The number of aliphatic hydroxyl groups is 1. The molecule has 0 fully saturated rings. The molecule has 0 aromatic heterocycles. The maximum atomic E-state index is 10.7. The van der Waals surface area contributed by atoms with Crippen LogP contribution in [0.3, 0.4) is 0 Å². The average Bonchev–Trinajstić information content (AvgIpc) is 2.63. The Labute approximate surface area is 231 Å². The molecule has 0 aliphatic heterocycles. The van der Waals surface area contributed by atoms with Crippen LogP contribution in [0.4, 0.5) is 0 Å². The summed E-state index contributed by atoms with van der Waals surface area (Å²) in [7, 11) is -3.01. The predicted octanol–water partition coefficient (Wildman–Crippen LogP) is -3.18. The SMILES string of the molecule is COc1c(Cl)ccc(Cl)c1C(=O)O.NCCOCCO.O=C(O)CNCP(=O)([O-])O.[K+]. The Morgan fingerprint density at radius 2 is 1.77 bits per heavy atom. The zero-order chi connectivity index (χ0) is 23.7. The number of hydrogen-bond donors (Lipinski definition) is 6. The van der Waals surface area contributed by atoms with Crippen molar-refractivity contribution in [3.63, 3.8) is 0 Å². The van der Waals surface area contributed by atoms with Gasteiger partial charge in [0.1, 0.15) is 13.2 Å². The normalized spacial score (nSPS) is 11.5. The minimum absolute atomic E-state index is 0. The summed E-state index contributed by atoms with van der Waals surface area (Å²) in [6.45, 7) is 1.07. The molecular weight excluding hydrogens is 509 g/mol. The van der Waals surface area contributed by atoms with E-state index in [4.69, 9.17) is 58.6 Å². The van der Waals surface area contributed by atoms with Crippen LogP contribution in [-0.4, -0.2) is 78.5 Å². The van der Waals surface area contributed by atoms with Gasteiger partial charge in [0.05, 0.1) is 49.8 Å². The van der Waals surface area contributed by atoms with E-state index in [2.05, 4.69) is 0 Å². The van der Waals surface area contributed by atoms with Crippen molar-refractivity contribution in [1.29, 1.82) is 0 Å². The van der Waals surface area contributed by atoms with Gasteiger partial charge in [-0.3, -0.25) is 10.1 Å². The molecule has 0 aliphatic rings. The summed E-state index contributed by atoms with van der Waals surface area (Å²) in [6.07, 6.45) is -0.709. The Kier molecular flexibility index (Phi) is 23.9. The van der Waals surface area contributed by atoms with Crippen molar-refractivity contribution < 1.29 is 100 Å². The molecule has 0 spiro atoms. The third-order valence-electron chi connectivity index (χ3n) is 2.56. The predicted molar refractivity (Wildman–Crippen MR) is 107 cm³/mol. The molecular formula is C15H24Cl2KN2O10P. The third-order valence-corrected chi connectivity index (χ3v) is 3.80. The number of aromatic carboxylic acids is 1. The van der Waals surface area contributed by atoms with E-state index in [0.717, 1.165) is 0 Å². The molecule has 0 bridgehead atoms. The zero-order valence-electron chi connectivity index (χ0n) is 16.9. The average molecular weight is 533 g/mol. The number of aliphatic carboxylic acids is 1. The van der Waals surface area contributed by atoms with Crippen LogP contribution < -0.4 is 72.1 Å². The van der Waals surface area contributed by atoms with E-state index in [9.17, 15) is 19.0 Å². The zero-order valence-corrected chi connectivity index (χ0v) is 22.4. The summed E-state index contributed by atoms with van der Waals surface area (Å²) in [5.74, 6) is -2.25. The summed E-state index contributed by atoms with van der Waals surface area (Å²) in [5.41, 5.74) is 4.95. The van der Waals surface area contributed by atoms with Gasteiger partial charge in [0.15, 0.2) is 5.75 Å². The number of carbonyl (C=O) groups is 2. The van der Waals surface area contributed by atoms with E-state index in [1.165, 1.54) is 19.2 Å². The number of benzene rings is 1. The Hall–Kier alpha value is 0.166. The van der Waals surface area contributed by atoms with Crippen molar-refractivity contribution in [2.45, 2.75) is 0 Å². The second-order valence-corrected chi connectivity index (χ2v) is 7.39. The van der Waals surface area contributed by atoms with Gasteiger partial charge in [0.25, 0.3) is 0 Å². The van der Waals surface area contributed by atoms with Crippen molar-refractivity contribution in [1.82, 2.24) is 5.32 Å². The standard InChI is InChI=1S/C8H6Cl2O3.C4H11NO2.C3H8NO5P.K/c1-13-7-5(10)3-2-4(9)6(7)8(11)12;5-1-3-7-4-2-6;5-3(6)1-4-2-10(7,8)9;/h2-3H,1H3,(H,11,12);6H,1-5H2;4H,1-2H2,(H,5,6)(H2,7,8,9);/q;;;+1/p-1. The van der Waals surface area contributed by atoms with Gasteiger partial charge in [-0.25, -0.2) is 4.79 Å². The molecule has 1 atom stereocenters. The van der Waals surface area contributed by atoms with Crippen molar-refractivity contribution in [3.8, 4) is 5.75 Å². The summed E-state index contributed by atoms with van der Waals surface area (Å²) in [5, 5.41) is 27.2. The van der Waals surface area contributed by atoms with Crippen molar-refractivity contribution >= 4 is 42.7 Å². The summed E-state index contributed by atoms with van der Waals surface area (Å²) in [4.78, 5) is 38.5. The second-order valence-electron chi connectivity index (χ2n) is 4.98. The van der Waals surface area contributed by atoms with Gasteiger partial charge in [0, 0.05) is 6.54 Å². The van der Waals surface area contributed by atoms with E-state index in [1.54, 1.807) is 0 Å². The number of nitrogens with one attached hydrogen (secondary N) is 1. The Morgan fingerprint density at radius 1 is 1.23 bits per heavy atom. The molecule has 0 saturated carbocycles. The topological polar surface area (TPSA) is 212 Å². The van der Waals surface area contributed by atoms with E-state index in [-0.39, 0.29) is 79.3 Å². The van der Waals surface area contributed by atoms with Gasteiger partial charge in [-0.15, -0.1) is 0 Å². The maximum absolute atomic E-state index is 10.7. The Morgan fingerprint density at radius 3 is 2.13 bits per heavy atom. The first-order valence-electron chi connectivity index (χ1n) is 8.00. The smallest absolute Gasteiger partial charge is 0.778 e. The number of carboxylic acids is 2. The molecule has 0 heterocycles. The number of rotatable bonds is 10. The van der Waals surface area contributed by atoms with Crippen LogP contribution in [0.1, 0.15) is 10.4 Å². The fourth-order valence-electron chi connectivity index (χ4n) is 1.49. The molecule has 1 unspecified atom stereocenters. The van der Waals surface area contributed by atoms with E-state index in [1.807, 2.05) is 5.32 Å². The second kappa shape index (κ2) is 20.8. The summed E-state index contributed by atoms with van der Waals surface area (Å²) in [6, 6.07) is 2.89. The molecule has 0 aliphatic carbocycles. The maximum Gasteiger partial charge on any atom is 1.00 e. The molecule has 7 N–H and O–H groups in total. The van der Waals surface area contributed by atoms with Crippen molar-refractivity contribution in [2.75, 3.05) is 46.3 Å². The van der Waals surface area contributed by atoms with Crippen LogP contribution in [0.5, 0.6) is 5.75 Å². The van der Waals surface area contributed by atoms with Crippen LogP contribution in [0.15, 0.2) is 12.1 Å². The minimum atomic E-state index is -4.35. The number of nitrogens with two attached hydrogens (primary N) is 1. The molecule has 1 aromatic carbocycles. The molecule has 174 valence electrons. The molecule has 12 nitrogen and oxygen atoms in total. The number of halogens is 2. The third kappa shape index (κ3) is 20.5. The van der Waals surface area contributed by atoms with Gasteiger partial charge in [-0.05, 0) is 12.1 Å². The van der Waals surface area contributed by atoms with Gasteiger partial charge in [0.2, 0.25) is 0 Å². The minimum Gasteiger partial charge on any atom is -0.778 e. The number of aliphatic hydroxyl groups excluding tert-OH is 1. The first-order chi connectivity index (χ1) is 13.9. The van der Waals surface area contributed by atoms with Gasteiger partial charge in [-0.1, -0.05) is 23.2 Å². The van der Waals surface area contributed by atoms with Gasteiger partial charge >= 0.3 is 63.3 Å². The summed E-state index contributed by atoms with van der Waals surface area (Å²) >= 11 is 11.4. The van der Waals surface area contributed by atoms with Crippen LogP contribution >= 0.6 is 30.8 Å². The number of ether oxygens (including phenoxy) is 2. The molecule has 0 radical (unpaired) electrons. The van der Waals surface area contributed by atoms with Crippen molar-refractivity contribution in [3.05, 3.63) is 27.7 Å². The van der Waals surface area contributed by atoms with Gasteiger partial charge in [-0.2, -0.15) is 0 Å². The quantitative estimate of drug-likeness (QED) is 0.0999. The fraction of sp³-hybridized carbons (Fsp3) is 0.467. The summed E-state index contributed by atoms with van der Waals surface area (Å²) < 4.78 is 19.5. The molecule has 0 amide bonds.